The summed E-state index contributed by atoms with van der Waals surface area (Å²) in [7, 11) is 0. The Bertz CT molecular complexity index is 947. The lowest BCUT2D eigenvalue weighted by Crippen LogP contribution is -2.35. The van der Waals surface area contributed by atoms with Crippen molar-refractivity contribution in [2.75, 3.05) is 6.54 Å². The van der Waals surface area contributed by atoms with Crippen LogP contribution in [0.5, 0.6) is 0 Å². The van der Waals surface area contributed by atoms with Gasteiger partial charge in [0.2, 0.25) is 0 Å². The number of hydrogen-bond donors (Lipinski definition) is 1. The van der Waals surface area contributed by atoms with Crippen LogP contribution < -0.4 is 5.32 Å². The molecule has 2 rings (SSSR count). The molecular formula is C19H19F3N2O4. The number of nitrogens with one attached hydrogen (secondary N) is 1. The van der Waals surface area contributed by atoms with Crippen LogP contribution in [0.4, 0.5) is 13.2 Å². The second kappa shape index (κ2) is 7.57. The Kier molecular flexibility index (Phi) is 5.77. The number of alkyl halides is 3. The van der Waals surface area contributed by atoms with Gasteiger partial charge in [0.25, 0.3) is 5.91 Å². The number of fused-ring (bicyclic) bond motifs is 1. The highest BCUT2D eigenvalue weighted by Gasteiger charge is 2.34. The van der Waals surface area contributed by atoms with E-state index < -0.39 is 41.3 Å². The molecule has 1 aromatic carbocycles. The summed E-state index contributed by atoms with van der Waals surface area (Å²) in [4.78, 5) is 39.8. The molecule has 0 aliphatic heterocycles. The third-order valence-corrected chi connectivity index (χ3v) is 3.70. The van der Waals surface area contributed by atoms with Crippen molar-refractivity contribution in [2.45, 2.75) is 39.5 Å². The molecular weight excluding hydrogens is 377 g/mol. The van der Waals surface area contributed by atoms with Gasteiger partial charge in [0, 0.05) is 10.9 Å². The molecule has 0 aliphatic rings. The van der Waals surface area contributed by atoms with Crippen LogP contribution in [-0.2, 0) is 15.7 Å². The summed E-state index contributed by atoms with van der Waals surface area (Å²) in [6.45, 7) is 5.84. The Balaban J connectivity index is 2.45. The third-order valence-electron chi connectivity index (χ3n) is 3.70. The van der Waals surface area contributed by atoms with Gasteiger partial charge in [-0.15, -0.1) is 0 Å². The van der Waals surface area contributed by atoms with Gasteiger partial charge in [0.1, 0.15) is 12.1 Å². The first-order valence-electron chi connectivity index (χ1n) is 8.31. The van der Waals surface area contributed by atoms with Crippen LogP contribution in [0.2, 0.25) is 0 Å². The number of hydrogen-bond acceptors (Lipinski definition) is 5. The fourth-order valence-corrected chi connectivity index (χ4v) is 2.69. The third kappa shape index (κ3) is 4.65. The lowest BCUT2D eigenvalue weighted by Gasteiger charge is -2.20. The van der Waals surface area contributed by atoms with Gasteiger partial charge in [0.15, 0.2) is 6.29 Å². The van der Waals surface area contributed by atoms with Crippen LogP contribution in [-0.4, -0.2) is 35.3 Å². The normalized spacial score (nSPS) is 12.0. The van der Waals surface area contributed by atoms with Crippen LogP contribution in [0.3, 0.4) is 0 Å². The summed E-state index contributed by atoms with van der Waals surface area (Å²) in [5, 5.41) is 2.21. The summed E-state index contributed by atoms with van der Waals surface area (Å²) in [6, 6.07) is 3.27. The zero-order valence-electron chi connectivity index (χ0n) is 15.7. The van der Waals surface area contributed by atoms with E-state index in [0.29, 0.717) is 6.29 Å². The summed E-state index contributed by atoms with van der Waals surface area (Å²) in [5.41, 5.74) is -2.65. The monoisotopic (exact) mass is 396 g/mol. The molecule has 0 fully saturated rings. The number of aryl methyl sites for hydroxylation is 1. The van der Waals surface area contributed by atoms with Crippen LogP contribution in [0.1, 0.15) is 52.7 Å². The molecule has 0 radical (unpaired) electrons. The van der Waals surface area contributed by atoms with Crippen LogP contribution in [0.25, 0.3) is 10.9 Å². The smallest absolute Gasteiger partial charge is 0.418 e. The Morgan fingerprint density at radius 3 is 2.39 bits per heavy atom. The van der Waals surface area contributed by atoms with Crippen molar-refractivity contribution in [3.63, 3.8) is 0 Å². The molecule has 9 heteroatoms. The largest absolute Gasteiger partial charge is 0.459 e. The maximum atomic E-state index is 13.2. The van der Waals surface area contributed by atoms with Gasteiger partial charge in [0.05, 0.1) is 22.3 Å². The summed E-state index contributed by atoms with van der Waals surface area (Å²) >= 11 is 0. The van der Waals surface area contributed by atoms with E-state index in [0.717, 1.165) is 12.1 Å². The molecule has 6 nitrogen and oxygen atoms in total. The average molecular weight is 396 g/mol. The van der Waals surface area contributed by atoms with Crippen LogP contribution >= 0.6 is 0 Å². The number of amides is 1. The first kappa shape index (κ1) is 21.3. The zero-order valence-corrected chi connectivity index (χ0v) is 15.7. The molecule has 0 saturated heterocycles. The van der Waals surface area contributed by atoms with Gasteiger partial charge in [-0.25, -0.2) is 0 Å². The van der Waals surface area contributed by atoms with Crippen molar-refractivity contribution < 1.29 is 32.3 Å². The highest BCUT2D eigenvalue weighted by molar-refractivity contribution is 6.10. The molecule has 0 spiro atoms. The first-order chi connectivity index (χ1) is 12.8. The number of ether oxygens (including phenoxy) is 1. The second-order valence-electron chi connectivity index (χ2n) is 7.07. The van der Waals surface area contributed by atoms with Crippen LogP contribution in [0, 0.1) is 6.92 Å². The minimum atomic E-state index is -4.67. The SMILES string of the molecule is Cc1nc2c(C(F)(F)F)cccc2c(C=O)c1C(=O)NCC(=O)OC(C)(C)C. The minimum absolute atomic E-state index is 0.0620. The fourth-order valence-electron chi connectivity index (χ4n) is 2.69. The van der Waals surface area contributed by atoms with Crippen molar-refractivity contribution in [1.82, 2.24) is 10.3 Å². The predicted molar refractivity (Wildman–Crippen MR) is 95.0 cm³/mol. The number of aromatic nitrogens is 1. The summed E-state index contributed by atoms with van der Waals surface area (Å²) in [5.74, 6) is -1.50. The number of esters is 1. The van der Waals surface area contributed by atoms with Crippen molar-refractivity contribution >= 4 is 29.1 Å². The van der Waals surface area contributed by atoms with E-state index >= 15 is 0 Å². The molecule has 1 N–H and O–H groups in total. The van der Waals surface area contributed by atoms with Gasteiger partial charge in [-0.3, -0.25) is 19.4 Å². The number of benzene rings is 1. The predicted octanol–water partition coefficient (Wildman–Crippen LogP) is 3.45. The van der Waals surface area contributed by atoms with Crippen molar-refractivity contribution in [2.24, 2.45) is 0 Å². The molecule has 0 saturated carbocycles. The molecule has 1 heterocycles. The first-order valence-corrected chi connectivity index (χ1v) is 8.31. The van der Waals surface area contributed by atoms with E-state index in [1.165, 1.54) is 13.0 Å². The number of aldehydes is 1. The Morgan fingerprint density at radius 2 is 1.86 bits per heavy atom. The number of rotatable bonds is 4. The lowest BCUT2D eigenvalue weighted by atomic mass is 9.98. The fraction of sp³-hybridized carbons (Fsp3) is 0.368. The van der Waals surface area contributed by atoms with E-state index in [9.17, 15) is 27.6 Å². The van der Waals surface area contributed by atoms with E-state index in [2.05, 4.69) is 10.3 Å². The zero-order chi connectivity index (χ0) is 21.3. The number of carbonyl (C=O) groups is 3. The van der Waals surface area contributed by atoms with Crippen molar-refractivity contribution in [3.05, 3.63) is 40.6 Å². The van der Waals surface area contributed by atoms with E-state index in [4.69, 9.17) is 4.74 Å². The Morgan fingerprint density at radius 1 is 1.21 bits per heavy atom. The van der Waals surface area contributed by atoms with E-state index in [1.54, 1.807) is 20.8 Å². The van der Waals surface area contributed by atoms with Gasteiger partial charge >= 0.3 is 12.1 Å². The van der Waals surface area contributed by atoms with E-state index in [1.807, 2.05) is 0 Å². The number of carbonyl (C=O) groups excluding carboxylic acids is 3. The molecule has 0 atom stereocenters. The molecule has 150 valence electrons. The summed E-state index contributed by atoms with van der Waals surface area (Å²) in [6.07, 6.45) is -4.36. The van der Waals surface area contributed by atoms with Gasteiger partial charge in [-0.1, -0.05) is 12.1 Å². The maximum absolute atomic E-state index is 13.2. The topological polar surface area (TPSA) is 85.4 Å². The van der Waals surface area contributed by atoms with Crippen molar-refractivity contribution in [3.8, 4) is 0 Å². The number of para-hydroxylation sites is 1. The Hall–Kier alpha value is -2.97. The molecule has 2 aromatic rings. The molecule has 0 unspecified atom stereocenters. The standard InChI is InChI=1S/C19H19F3N2O4/c1-10-15(17(27)23-8-14(26)28-18(2,3)4)12(9-25)11-6-5-7-13(16(11)24-10)19(20,21)22/h5-7,9H,8H2,1-4H3,(H,23,27). The maximum Gasteiger partial charge on any atom is 0.418 e. The van der Waals surface area contributed by atoms with Gasteiger partial charge in [-0.2, -0.15) is 13.2 Å². The quantitative estimate of drug-likeness (QED) is 0.632. The highest BCUT2D eigenvalue weighted by atomic mass is 19.4. The van der Waals surface area contributed by atoms with Crippen LogP contribution in [0.15, 0.2) is 18.2 Å². The number of pyridine rings is 1. The minimum Gasteiger partial charge on any atom is -0.459 e. The lowest BCUT2D eigenvalue weighted by molar-refractivity contribution is -0.153. The van der Waals surface area contributed by atoms with Gasteiger partial charge < -0.3 is 10.1 Å². The molecule has 28 heavy (non-hydrogen) atoms. The molecule has 0 aliphatic carbocycles. The average Bonchev–Trinajstić information content (AvgIpc) is 2.55. The van der Waals surface area contributed by atoms with E-state index in [-0.39, 0.29) is 22.2 Å². The highest BCUT2D eigenvalue weighted by Crippen LogP contribution is 2.35. The summed E-state index contributed by atoms with van der Waals surface area (Å²) < 4.78 is 44.8. The number of halogens is 3. The molecule has 1 aromatic heterocycles. The van der Waals surface area contributed by atoms with Crippen molar-refractivity contribution in [1.29, 1.82) is 0 Å². The Labute approximate surface area is 159 Å². The second-order valence-corrected chi connectivity index (χ2v) is 7.07. The number of nitrogens with zero attached hydrogens (tertiary/aromatic N) is 1. The molecule has 1 amide bonds. The van der Waals surface area contributed by atoms with Gasteiger partial charge in [-0.05, 0) is 33.8 Å². The molecule has 0 bridgehead atoms.